The third kappa shape index (κ3) is 4.70. The summed E-state index contributed by atoms with van der Waals surface area (Å²) in [4.78, 5) is 0. The van der Waals surface area contributed by atoms with E-state index in [1.807, 2.05) is 24.3 Å². The molecular weight excluding hydrogens is 308 g/mol. The van der Waals surface area contributed by atoms with Crippen molar-refractivity contribution in [3.05, 3.63) is 35.9 Å². The second-order valence-electron chi connectivity index (χ2n) is 1.57. The molecule has 0 amide bonds. The summed E-state index contributed by atoms with van der Waals surface area (Å²) in [6, 6.07) is 10.7. The van der Waals surface area contributed by atoms with E-state index in [1.165, 1.54) is 20.4 Å². The number of halogens is 1. The van der Waals surface area contributed by atoms with Crippen LogP contribution in [0.15, 0.2) is 24.3 Å². The predicted octanol–water partition coefficient (Wildman–Crippen LogP) is 2.80. The standard InChI is InChI=1S/C7H7S.HI.Zn/c8-6-7-4-2-1-3-5-7;;/h2-5,8H,6H2;1H;/q-1;;+2/p-1. The molecule has 1 rings (SSSR count). The SMILES string of the molecule is SCc1cc[c-]cc1.[Zn+][I]. The predicted molar refractivity (Wildman–Crippen MR) is 52.0 cm³/mol. The molecule has 1 aromatic rings. The van der Waals surface area contributed by atoms with Gasteiger partial charge in [-0.1, -0.05) is 0 Å². The van der Waals surface area contributed by atoms with Crippen molar-refractivity contribution in [3.8, 4) is 0 Å². The van der Waals surface area contributed by atoms with Crippen LogP contribution in [-0.2, 0) is 20.5 Å². The van der Waals surface area contributed by atoms with Crippen LogP contribution in [0.4, 0.5) is 0 Å². The van der Waals surface area contributed by atoms with Crippen molar-refractivity contribution >= 4 is 32.4 Å². The number of hydrogen-bond donors (Lipinski definition) is 1. The fourth-order valence-corrected chi connectivity index (χ4v) is 0.738. The van der Waals surface area contributed by atoms with E-state index in [9.17, 15) is 0 Å². The van der Waals surface area contributed by atoms with Crippen molar-refractivity contribution in [2.75, 3.05) is 0 Å². The van der Waals surface area contributed by atoms with Gasteiger partial charge in [0.1, 0.15) is 0 Å². The molecule has 0 spiro atoms. The first-order chi connectivity index (χ1) is 4.93. The van der Waals surface area contributed by atoms with E-state index >= 15 is 0 Å². The molecule has 0 saturated heterocycles. The summed E-state index contributed by atoms with van der Waals surface area (Å²) in [7, 11) is 0. The zero-order valence-electron chi connectivity index (χ0n) is 5.55. The molecule has 0 aliphatic heterocycles. The molecular formula is C7H7ISZn. The Balaban J connectivity index is 0.000000371. The summed E-state index contributed by atoms with van der Waals surface area (Å²) in [5.74, 6) is 0.814. The van der Waals surface area contributed by atoms with Crippen molar-refractivity contribution in [1.82, 2.24) is 0 Å². The molecule has 0 fully saturated rings. The summed E-state index contributed by atoms with van der Waals surface area (Å²) in [6.45, 7) is 0. The fourth-order valence-electron chi connectivity index (χ4n) is 0.527. The van der Waals surface area contributed by atoms with Crippen LogP contribution < -0.4 is 0 Å². The van der Waals surface area contributed by atoms with Gasteiger partial charge in [-0.2, -0.15) is 43.0 Å². The number of rotatable bonds is 1. The Hall–Kier alpha value is 0.923. The molecule has 0 nitrogen and oxygen atoms in total. The fraction of sp³-hybridized carbons (Fsp3) is 0.143. The van der Waals surface area contributed by atoms with E-state index < -0.39 is 0 Å². The van der Waals surface area contributed by atoms with Crippen molar-refractivity contribution in [1.29, 1.82) is 0 Å². The van der Waals surface area contributed by atoms with Gasteiger partial charge < -0.3 is 0 Å². The maximum absolute atomic E-state index is 4.10. The Morgan fingerprint density at radius 3 is 2.20 bits per heavy atom. The monoisotopic (exact) mass is 314 g/mol. The molecule has 10 heavy (non-hydrogen) atoms. The summed E-state index contributed by atoms with van der Waals surface area (Å²) >= 11 is 7.72. The van der Waals surface area contributed by atoms with Gasteiger partial charge in [0.15, 0.2) is 0 Å². The van der Waals surface area contributed by atoms with E-state index in [1.54, 1.807) is 0 Å². The van der Waals surface area contributed by atoms with Crippen molar-refractivity contribution in [2.24, 2.45) is 0 Å². The number of hydrogen-bond acceptors (Lipinski definition) is 1. The van der Waals surface area contributed by atoms with E-state index in [0.29, 0.717) is 0 Å². The minimum atomic E-state index is 0.814. The first kappa shape index (κ1) is 10.9. The van der Waals surface area contributed by atoms with E-state index in [2.05, 4.69) is 38.4 Å². The number of thiol groups is 1. The maximum atomic E-state index is 4.10. The zero-order chi connectivity index (χ0) is 7.82. The van der Waals surface area contributed by atoms with Gasteiger partial charge in [-0.3, -0.25) is 0 Å². The minimum absolute atomic E-state index is 0.814. The Morgan fingerprint density at radius 1 is 1.40 bits per heavy atom. The van der Waals surface area contributed by atoms with Gasteiger partial charge in [0.25, 0.3) is 0 Å². The van der Waals surface area contributed by atoms with E-state index in [4.69, 9.17) is 0 Å². The molecule has 0 bridgehead atoms. The van der Waals surface area contributed by atoms with Crippen molar-refractivity contribution in [3.63, 3.8) is 0 Å². The van der Waals surface area contributed by atoms with Crippen molar-refractivity contribution in [2.45, 2.75) is 5.75 Å². The molecule has 1 aromatic carbocycles. The topological polar surface area (TPSA) is 0 Å². The van der Waals surface area contributed by atoms with Gasteiger partial charge in [0.05, 0.1) is 0 Å². The summed E-state index contributed by atoms with van der Waals surface area (Å²) in [6.07, 6.45) is 0. The first-order valence-electron chi connectivity index (χ1n) is 2.76. The Morgan fingerprint density at radius 2 is 1.90 bits per heavy atom. The van der Waals surface area contributed by atoms with Gasteiger partial charge in [-0.15, -0.1) is 5.56 Å². The van der Waals surface area contributed by atoms with Crippen LogP contribution in [0, 0.1) is 6.07 Å². The normalized spacial score (nSPS) is 8.00. The van der Waals surface area contributed by atoms with Crippen LogP contribution >= 0.6 is 32.4 Å². The van der Waals surface area contributed by atoms with Crippen LogP contribution in [-0.4, -0.2) is 0 Å². The van der Waals surface area contributed by atoms with Gasteiger partial charge >= 0.3 is 34.5 Å². The average molecular weight is 315 g/mol. The van der Waals surface area contributed by atoms with Crippen molar-refractivity contribution < 1.29 is 14.8 Å². The van der Waals surface area contributed by atoms with E-state index in [-0.39, 0.29) is 0 Å². The second-order valence-corrected chi connectivity index (χ2v) is 1.88. The molecule has 0 radical (unpaired) electrons. The van der Waals surface area contributed by atoms with Gasteiger partial charge in [-0.25, -0.2) is 0 Å². The molecule has 3 heteroatoms. The van der Waals surface area contributed by atoms with Crippen LogP contribution in [0.5, 0.6) is 0 Å². The molecule has 0 saturated carbocycles. The summed E-state index contributed by atoms with van der Waals surface area (Å²) in [5.41, 5.74) is 1.24. The zero-order valence-corrected chi connectivity index (χ0v) is 11.6. The third-order valence-corrected chi connectivity index (χ3v) is 1.33. The number of benzene rings is 1. The summed E-state index contributed by atoms with van der Waals surface area (Å²) < 4.78 is 0. The molecule has 0 aromatic heterocycles. The molecule has 50 valence electrons. The molecule has 0 unspecified atom stereocenters. The van der Waals surface area contributed by atoms with Crippen LogP contribution in [0.2, 0.25) is 0 Å². The second kappa shape index (κ2) is 8.02. The molecule has 0 N–H and O–H groups in total. The molecule has 0 atom stereocenters. The Kier molecular flexibility index (Phi) is 8.77. The molecule has 0 aliphatic rings. The Bertz CT molecular complexity index is 155. The first-order valence-corrected chi connectivity index (χ1v) is 12.4. The van der Waals surface area contributed by atoms with Gasteiger partial charge in [0.2, 0.25) is 0 Å². The molecule has 0 aliphatic carbocycles. The third-order valence-electron chi connectivity index (χ3n) is 0.970. The Labute approximate surface area is 88.1 Å². The van der Waals surface area contributed by atoms with Crippen LogP contribution in [0.3, 0.4) is 0 Å². The van der Waals surface area contributed by atoms with E-state index in [0.717, 1.165) is 5.75 Å². The van der Waals surface area contributed by atoms with Crippen LogP contribution in [0.25, 0.3) is 0 Å². The van der Waals surface area contributed by atoms with Crippen LogP contribution in [0.1, 0.15) is 5.56 Å². The quantitative estimate of drug-likeness (QED) is 0.350. The van der Waals surface area contributed by atoms with Gasteiger partial charge in [-0.05, 0) is 5.75 Å². The molecule has 0 heterocycles. The average Bonchev–Trinajstić information content (AvgIpc) is 2.10. The van der Waals surface area contributed by atoms with Gasteiger partial charge in [0, 0.05) is 0 Å². The summed E-state index contributed by atoms with van der Waals surface area (Å²) in [5, 5.41) is 0.